The van der Waals surface area contributed by atoms with E-state index in [1.807, 2.05) is 0 Å². The lowest BCUT2D eigenvalue weighted by atomic mass is 9.79. The largest absolute Gasteiger partial charge is 0.375 e. The van der Waals surface area contributed by atoms with Crippen molar-refractivity contribution < 1.29 is 9.53 Å². The lowest BCUT2D eigenvalue weighted by Gasteiger charge is -2.36. The van der Waals surface area contributed by atoms with E-state index in [9.17, 15) is 4.79 Å². The Morgan fingerprint density at radius 3 is 2.38 bits per heavy atom. The van der Waals surface area contributed by atoms with Crippen molar-refractivity contribution in [2.45, 2.75) is 83.3 Å². The number of carbonyl (C=O) groups excluding carboxylic acids is 1. The molecule has 0 spiro atoms. The van der Waals surface area contributed by atoms with Crippen LogP contribution in [0.1, 0.15) is 71.6 Å². The molecule has 2 aliphatic carbocycles. The molecule has 136 valence electrons. The van der Waals surface area contributed by atoms with Gasteiger partial charge >= 0.3 is 0 Å². The third kappa shape index (κ3) is 4.11. The van der Waals surface area contributed by atoms with E-state index in [-0.39, 0.29) is 18.0 Å². The Morgan fingerprint density at radius 2 is 1.79 bits per heavy atom. The quantitative estimate of drug-likeness (QED) is 0.722. The van der Waals surface area contributed by atoms with Crippen LogP contribution in [0, 0.1) is 23.2 Å². The van der Waals surface area contributed by atoms with Crippen LogP contribution in [0.25, 0.3) is 0 Å². The van der Waals surface area contributed by atoms with Crippen LogP contribution in [-0.4, -0.2) is 30.1 Å². The zero-order valence-electron chi connectivity index (χ0n) is 15.2. The lowest BCUT2D eigenvalue weighted by molar-refractivity contribution is -0.129. The van der Waals surface area contributed by atoms with Crippen LogP contribution in [0.5, 0.6) is 0 Å². The van der Waals surface area contributed by atoms with Crippen molar-refractivity contribution in [3.63, 3.8) is 0 Å². The molecule has 3 unspecified atom stereocenters. The molecule has 1 saturated heterocycles. The molecule has 3 rings (SSSR count). The minimum atomic E-state index is -0.733. The zero-order valence-corrected chi connectivity index (χ0v) is 15.2. The third-order valence-electron chi connectivity index (χ3n) is 6.10. The lowest BCUT2D eigenvalue weighted by Crippen LogP contribution is -2.53. The second-order valence-corrected chi connectivity index (χ2v) is 8.59. The van der Waals surface area contributed by atoms with E-state index < -0.39 is 5.54 Å². The molecule has 0 aromatic rings. The molecule has 3 atom stereocenters. The van der Waals surface area contributed by atoms with Gasteiger partial charge in [-0.2, -0.15) is 0 Å². The van der Waals surface area contributed by atoms with Crippen molar-refractivity contribution in [2.24, 2.45) is 17.8 Å². The summed E-state index contributed by atoms with van der Waals surface area (Å²) in [7, 11) is 0. The van der Waals surface area contributed by atoms with Gasteiger partial charge in [-0.05, 0) is 43.4 Å². The molecule has 5 heteroatoms. The van der Waals surface area contributed by atoms with E-state index in [2.05, 4.69) is 24.5 Å². The minimum absolute atomic E-state index is 0.0741. The Morgan fingerprint density at radius 1 is 1.12 bits per heavy atom. The van der Waals surface area contributed by atoms with E-state index in [4.69, 9.17) is 10.1 Å². The molecule has 1 aliphatic heterocycles. The summed E-state index contributed by atoms with van der Waals surface area (Å²) in [5, 5.41) is 13.6. The molecule has 0 radical (unpaired) electrons. The van der Waals surface area contributed by atoms with E-state index in [0.29, 0.717) is 24.4 Å². The highest BCUT2D eigenvalue weighted by atomic mass is 16.5. The SMILES string of the molecule is CC1CC(C)CC(OCC2(CC3CCCCC3)NC(=N)NC2=O)C1. The molecule has 24 heavy (non-hydrogen) atoms. The number of amides is 1. The highest BCUT2D eigenvalue weighted by Gasteiger charge is 2.47. The Labute approximate surface area is 145 Å². The van der Waals surface area contributed by atoms with Gasteiger partial charge in [-0.15, -0.1) is 0 Å². The summed E-state index contributed by atoms with van der Waals surface area (Å²) in [6.45, 7) is 4.97. The van der Waals surface area contributed by atoms with Crippen LogP contribution in [0.2, 0.25) is 0 Å². The van der Waals surface area contributed by atoms with Crippen LogP contribution >= 0.6 is 0 Å². The van der Waals surface area contributed by atoms with Crippen molar-refractivity contribution in [1.29, 1.82) is 5.41 Å². The fourth-order valence-corrected chi connectivity index (χ4v) is 5.02. The van der Waals surface area contributed by atoms with Gasteiger partial charge in [-0.1, -0.05) is 46.0 Å². The maximum atomic E-state index is 12.6. The second kappa shape index (κ2) is 7.42. The maximum Gasteiger partial charge on any atom is 0.254 e. The standard InChI is InChI=1S/C19H33N3O2/c1-13-8-14(2)10-16(9-13)24-12-19(17(23)21-18(20)22-19)11-15-6-4-3-5-7-15/h13-16H,3-12H2,1-2H3,(H3,20,21,22,23). The molecular weight excluding hydrogens is 302 g/mol. The van der Waals surface area contributed by atoms with E-state index in [1.54, 1.807) is 0 Å². The van der Waals surface area contributed by atoms with E-state index >= 15 is 0 Å². The van der Waals surface area contributed by atoms with E-state index in [0.717, 1.165) is 19.3 Å². The minimum Gasteiger partial charge on any atom is -0.375 e. The van der Waals surface area contributed by atoms with Crippen molar-refractivity contribution in [3.8, 4) is 0 Å². The average molecular weight is 335 g/mol. The van der Waals surface area contributed by atoms with Crippen molar-refractivity contribution in [2.75, 3.05) is 6.61 Å². The number of hydrogen-bond acceptors (Lipinski definition) is 3. The first-order valence-corrected chi connectivity index (χ1v) is 9.76. The monoisotopic (exact) mass is 335 g/mol. The molecule has 1 heterocycles. The van der Waals surface area contributed by atoms with Crippen molar-refractivity contribution in [3.05, 3.63) is 0 Å². The molecule has 5 nitrogen and oxygen atoms in total. The van der Waals surface area contributed by atoms with Crippen LogP contribution < -0.4 is 10.6 Å². The predicted molar refractivity (Wildman–Crippen MR) is 94.8 cm³/mol. The fraction of sp³-hybridized carbons (Fsp3) is 0.895. The zero-order chi connectivity index (χ0) is 17.2. The average Bonchev–Trinajstić information content (AvgIpc) is 2.79. The van der Waals surface area contributed by atoms with Gasteiger partial charge in [0.15, 0.2) is 5.96 Å². The summed E-state index contributed by atoms with van der Waals surface area (Å²) in [4.78, 5) is 12.6. The number of guanidine groups is 1. The fourth-order valence-electron chi connectivity index (χ4n) is 5.02. The van der Waals surface area contributed by atoms with Crippen molar-refractivity contribution in [1.82, 2.24) is 10.6 Å². The topological polar surface area (TPSA) is 74.2 Å². The molecule has 0 aromatic heterocycles. The molecule has 3 N–H and O–H groups in total. The van der Waals surface area contributed by atoms with Gasteiger partial charge in [-0.25, -0.2) is 0 Å². The first-order chi connectivity index (χ1) is 11.5. The number of rotatable bonds is 5. The van der Waals surface area contributed by atoms with Crippen LogP contribution in [0.4, 0.5) is 0 Å². The van der Waals surface area contributed by atoms with Gasteiger partial charge in [0.2, 0.25) is 0 Å². The molecule has 1 amide bonds. The number of hydrogen-bond donors (Lipinski definition) is 3. The Balaban J connectivity index is 1.64. The third-order valence-corrected chi connectivity index (χ3v) is 6.10. The summed E-state index contributed by atoms with van der Waals surface area (Å²) in [5.41, 5.74) is -0.733. The van der Waals surface area contributed by atoms with Gasteiger partial charge in [0.05, 0.1) is 12.7 Å². The van der Waals surface area contributed by atoms with Gasteiger partial charge in [-0.3, -0.25) is 15.5 Å². The van der Waals surface area contributed by atoms with Gasteiger partial charge in [0, 0.05) is 0 Å². The summed E-state index contributed by atoms with van der Waals surface area (Å²) >= 11 is 0. The molecule has 3 fully saturated rings. The predicted octanol–water partition coefficient (Wildman–Crippen LogP) is 3.19. The molecular formula is C19H33N3O2. The summed E-state index contributed by atoms with van der Waals surface area (Å²) in [5.74, 6) is 2.00. The van der Waals surface area contributed by atoms with E-state index in [1.165, 1.54) is 38.5 Å². The normalized spacial score (nSPS) is 38.0. The van der Waals surface area contributed by atoms with Gasteiger partial charge in [0.1, 0.15) is 5.54 Å². The maximum absolute atomic E-state index is 12.6. The Hall–Kier alpha value is -1.10. The molecule has 2 saturated carbocycles. The summed E-state index contributed by atoms with van der Waals surface area (Å²) in [6.07, 6.45) is 10.7. The summed E-state index contributed by atoms with van der Waals surface area (Å²) in [6, 6.07) is 0. The number of nitrogens with one attached hydrogen (secondary N) is 3. The van der Waals surface area contributed by atoms with Crippen LogP contribution in [0.3, 0.4) is 0 Å². The van der Waals surface area contributed by atoms with Crippen molar-refractivity contribution >= 4 is 11.9 Å². The molecule has 3 aliphatic rings. The molecule has 0 bridgehead atoms. The second-order valence-electron chi connectivity index (χ2n) is 8.59. The Kier molecular flexibility index (Phi) is 5.48. The van der Waals surface area contributed by atoms with Gasteiger partial charge < -0.3 is 10.1 Å². The van der Waals surface area contributed by atoms with Gasteiger partial charge in [0.25, 0.3) is 5.91 Å². The summed E-state index contributed by atoms with van der Waals surface area (Å²) < 4.78 is 6.25. The first-order valence-electron chi connectivity index (χ1n) is 9.76. The first kappa shape index (κ1) is 17.7. The highest BCUT2D eigenvalue weighted by molar-refractivity contribution is 6.08. The highest BCUT2D eigenvalue weighted by Crippen LogP contribution is 2.34. The van der Waals surface area contributed by atoms with Crippen LogP contribution in [0.15, 0.2) is 0 Å². The van der Waals surface area contributed by atoms with Crippen LogP contribution in [-0.2, 0) is 9.53 Å². The molecule has 0 aromatic carbocycles. The smallest absolute Gasteiger partial charge is 0.254 e. The number of carbonyl (C=O) groups is 1. The Bertz CT molecular complexity index is 465. The number of ether oxygens (including phenoxy) is 1.